The second kappa shape index (κ2) is 46.5. The second-order valence-electron chi connectivity index (χ2n) is 18.4. The Balaban J connectivity index is 4.31. The Morgan fingerprint density at radius 2 is 0.891 bits per heavy atom. The molecule has 0 radical (unpaired) electrons. The standard InChI is InChI=1S/C55H97NO8/c1-6-8-10-12-14-16-18-20-22-23-24-25-26-27-28-29-30-31-32-34-36-38-40-42-44-46-53(58)64-51(50-63-55(54(59)60)61-48-47-56(3,4)5)49-62-52(57)45-43-41-39-37-35-33-21-19-17-15-13-11-9-7-2/h8,10,14,16,20,22,24-25,27-28,51,55H,6-7,9,11-13,15,17-19,21,23,26,29-50H2,1-5H3/b10-8-,16-14-,22-20-,25-24-,28-27-. The predicted octanol–water partition coefficient (Wildman–Crippen LogP) is 13.2. The minimum absolute atomic E-state index is 0.145. The molecular formula is C55H97NO8. The Morgan fingerprint density at radius 1 is 0.484 bits per heavy atom. The first-order chi connectivity index (χ1) is 31.1. The van der Waals surface area contributed by atoms with Crippen LogP contribution in [-0.2, 0) is 33.3 Å². The second-order valence-corrected chi connectivity index (χ2v) is 18.4. The van der Waals surface area contributed by atoms with E-state index in [1.54, 1.807) is 0 Å². The van der Waals surface area contributed by atoms with Gasteiger partial charge >= 0.3 is 11.9 Å². The number of carboxylic acid groups (broad SMARTS) is 1. The summed E-state index contributed by atoms with van der Waals surface area (Å²) in [6.45, 7) is 4.63. The van der Waals surface area contributed by atoms with E-state index in [4.69, 9.17) is 18.9 Å². The number of aliphatic carboxylic acids is 1. The van der Waals surface area contributed by atoms with Gasteiger partial charge in [-0.2, -0.15) is 0 Å². The van der Waals surface area contributed by atoms with Crippen molar-refractivity contribution in [2.24, 2.45) is 0 Å². The summed E-state index contributed by atoms with van der Waals surface area (Å²) < 4.78 is 22.6. The first-order valence-corrected chi connectivity index (χ1v) is 25.9. The van der Waals surface area contributed by atoms with E-state index in [9.17, 15) is 19.5 Å². The van der Waals surface area contributed by atoms with Gasteiger partial charge in [-0.25, -0.2) is 0 Å². The number of ether oxygens (including phenoxy) is 4. The number of allylic oxidation sites excluding steroid dienone is 10. The molecule has 0 spiro atoms. The summed E-state index contributed by atoms with van der Waals surface area (Å²) in [5, 5.41) is 11.7. The van der Waals surface area contributed by atoms with Crippen LogP contribution in [0.1, 0.15) is 213 Å². The Kier molecular flexibility index (Phi) is 44.3. The molecule has 0 fully saturated rings. The summed E-state index contributed by atoms with van der Waals surface area (Å²) in [6, 6.07) is 0. The van der Waals surface area contributed by atoms with Crippen LogP contribution in [0.15, 0.2) is 60.8 Å². The first kappa shape index (κ1) is 61.0. The number of carboxylic acids is 1. The summed E-state index contributed by atoms with van der Waals surface area (Å²) in [5.41, 5.74) is 0. The maximum atomic E-state index is 12.8. The lowest BCUT2D eigenvalue weighted by molar-refractivity contribution is -0.870. The van der Waals surface area contributed by atoms with Crippen LogP contribution in [0.5, 0.6) is 0 Å². The van der Waals surface area contributed by atoms with E-state index in [1.165, 1.54) is 103 Å². The topological polar surface area (TPSA) is 111 Å². The van der Waals surface area contributed by atoms with Gasteiger partial charge in [-0.05, 0) is 57.8 Å². The number of carbonyl (C=O) groups excluding carboxylic acids is 3. The van der Waals surface area contributed by atoms with E-state index in [2.05, 4.69) is 74.6 Å². The normalized spacial score (nSPS) is 13.3. The zero-order chi connectivity index (χ0) is 47.0. The molecule has 0 rings (SSSR count). The highest BCUT2D eigenvalue weighted by Gasteiger charge is 2.22. The van der Waals surface area contributed by atoms with Gasteiger partial charge in [0.2, 0.25) is 0 Å². The van der Waals surface area contributed by atoms with Crippen LogP contribution < -0.4 is 5.11 Å². The molecular weight excluding hydrogens is 803 g/mol. The van der Waals surface area contributed by atoms with Crippen molar-refractivity contribution in [1.29, 1.82) is 0 Å². The third-order valence-electron chi connectivity index (χ3n) is 11.0. The number of rotatable bonds is 47. The minimum atomic E-state index is -1.62. The fourth-order valence-corrected chi connectivity index (χ4v) is 7.03. The summed E-state index contributed by atoms with van der Waals surface area (Å²) in [5.74, 6) is -2.29. The Bertz CT molecular complexity index is 1230. The quantitative estimate of drug-likeness (QED) is 0.0195. The highest BCUT2D eigenvalue weighted by atomic mass is 16.7. The lowest BCUT2D eigenvalue weighted by atomic mass is 10.0. The minimum Gasteiger partial charge on any atom is -0.545 e. The number of likely N-dealkylation sites (N-methyl/N-ethyl adjacent to an activating group) is 1. The third kappa shape index (κ3) is 47.0. The fourth-order valence-electron chi connectivity index (χ4n) is 7.03. The lowest BCUT2D eigenvalue weighted by Crippen LogP contribution is -2.44. The molecule has 9 nitrogen and oxygen atoms in total. The van der Waals surface area contributed by atoms with Crippen molar-refractivity contribution in [3.63, 3.8) is 0 Å². The molecule has 2 atom stereocenters. The number of carbonyl (C=O) groups is 3. The van der Waals surface area contributed by atoms with Gasteiger partial charge in [0.1, 0.15) is 13.2 Å². The number of hydrogen-bond donors (Lipinski definition) is 0. The highest BCUT2D eigenvalue weighted by Crippen LogP contribution is 2.15. The molecule has 0 aliphatic heterocycles. The number of quaternary nitrogens is 1. The van der Waals surface area contributed by atoms with Gasteiger partial charge in [-0.1, -0.05) is 203 Å². The molecule has 0 aromatic rings. The fraction of sp³-hybridized carbons (Fsp3) is 0.764. The number of hydrogen-bond acceptors (Lipinski definition) is 8. The zero-order valence-corrected chi connectivity index (χ0v) is 41.9. The maximum absolute atomic E-state index is 12.8. The van der Waals surface area contributed by atoms with E-state index in [-0.39, 0.29) is 32.2 Å². The van der Waals surface area contributed by atoms with E-state index in [1.807, 2.05) is 21.1 Å². The average molecular weight is 900 g/mol. The van der Waals surface area contributed by atoms with Gasteiger partial charge in [-0.3, -0.25) is 9.59 Å². The molecule has 0 amide bonds. The van der Waals surface area contributed by atoms with Gasteiger partial charge in [0.15, 0.2) is 12.4 Å². The maximum Gasteiger partial charge on any atom is 0.306 e. The van der Waals surface area contributed by atoms with E-state index < -0.39 is 24.3 Å². The smallest absolute Gasteiger partial charge is 0.306 e. The predicted molar refractivity (Wildman–Crippen MR) is 265 cm³/mol. The molecule has 0 heterocycles. The Morgan fingerprint density at radius 3 is 1.33 bits per heavy atom. The molecule has 9 heteroatoms. The first-order valence-electron chi connectivity index (χ1n) is 25.9. The van der Waals surface area contributed by atoms with Crippen LogP contribution in [0.3, 0.4) is 0 Å². The molecule has 0 N–H and O–H groups in total. The molecule has 0 aromatic carbocycles. The molecule has 0 saturated carbocycles. The lowest BCUT2D eigenvalue weighted by Gasteiger charge is -2.26. The molecule has 0 bridgehead atoms. The van der Waals surface area contributed by atoms with Crippen LogP contribution in [0.2, 0.25) is 0 Å². The van der Waals surface area contributed by atoms with Gasteiger partial charge in [0, 0.05) is 12.8 Å². The Hall–Kier alpha value is -3.01. The zero-order valence-electron chi connectivity index (χ0n) is 41.9. The summed E-state index contributed by atoms with van der Waals surface area (Å²) >= 11 is 0. The van der Waals surface area contributed by atoms with Gasteiger partial charge in [0.25, 0.3) is 0 Å². The van der Waals surface area contributed by atoms with Crippen molar-refractivity contribution in [3.8, 4) is 0 Å². The molecule has 370 valence electrons. The van der Waals surface area contributed by atoms with Gasteiger partial charge in [0.05, 0.1) is 40.3 Å². The molecule has 0 saturated heterocycles. The molecule has 2 unspecified atom stereocenters. The van der Waals surface area contributed by atoms with Crippen molar-refractivity contribution < 1.29 is 42.9 Å². The third-order valence-corrected chi connectivity index (χ3v) is 11.0. The summed E-state index contributed by atoms with van der Waals surface area (Å²) in [6.07, 6.45) is 53.9. The average Bonchev–Trinajstić information content (AvgIpc) is 3.26. The number of esters is 2. The van der Waals surface area contributed by atoms with Crippen LogP contribution in [0.25, 0.3) is 0 Å². The highest BCUT2D eigenvalue weighted by molar-refractivity contribution is 5.70. The van der Waals surface area contributed by atoms with Crippen LogP contribution in [0, 0.1) is 0 Å². The summed E-state index contributed by atoms with van der Waals surface area (Å²) in [7, 11) is 5.91. The van der Waals surface area contributed by atoms with E-state index >= 15 is 0 Å². The van der Waals surface area contributed by atoms with Crippen molar-refractivity contribution >= 4 is 17.9 Å². The SMILES string of the molecule is CC/C=C\C/C=C\C/C=C\C/C=C\C/C=C\CCCCCCCCCCCC(=O)OC(COC(=O)CCCCCCCCCCCCCCCC)COC(OCC[N+](C)(C)C)C(=O)[O-]. The van der Waals surface area contributed by atoms with Crippen molar-refractivity contribution in [2.45, 2.75) is 225 Å². The Labute approximate surface area is 393 Å². The van der Waals surface area contributed by atoms with Crippen molar-refractivity contribution in [1.82, 2.24) is 0 Å². The van der Waals surface area contributed by atoms with Crippen LogP contribution >= 0.6 is 0 Å². The number of unbranched alkanes of at least 4 members (excludes halogenated alkanes) is 22. The van der Waals surface area contributed by atoms with Gasteiger partial charge < -0.3 is 33.3 Å². The summed E-state index contributed by atoms with van der Waals surface area (Å²) in [4.78, 5) is 37.1. The largest absolute Gasteiger partial charge is 0.545 e. The van der Waals surface area contributed by atoms with Crippen molar-refractivity contribution in [3.05, 3.63) is 60.8 Å². The van der Waals surface area contributed by atoms with Crippen LogP contribution in [-0.4, -0.2) is 82.3 Å². The number of nitrogens with zero attached hydrogens (tertiary/aromatic N) is 1. The van der Waals surface area contributed by atoms with Gasteiger partial charge in [-0.15, -0.1) is 0 Å². The molecule has 64 heavy (non-hydrogen) atoms. The monoisotopic (exact) mass is 900 g/mol. The molecule has 0 aromatic heterocycles. The molecule has 0 aliphatic carbocycles. The van der Waals surface area contributed by atoms with E-state index in [0.717, 1.165) is 77.0 Å². The molecule has 0 aliphatic rings. The van der Waals surface area contributed by atoms with Crippen molar-refractivity contribution in [2.75, 3.05) is 47.5 Å². The van der Waals surface area contributed by atoms with Crippen LogP contribution in [0.4, 0.5) is 0 Å². The van der Waals surface area contributed by atoms with E-state index in [0.29, 0.717) is 23.9 Å².